The molecule has 2 N–H and O–H groups in total. The average Bonchev–Trinajstić information content (AvgIpc) is 2.58. The zero-order chi connectivity index (χ0) is 17.9. The van der Waals surface area contributed by atoms with E-state index >= 15 is 0 Å². The number of nitrogens with one attached hydrogen (secondary N) is 1. The molecule has 0 aromatic heterocycles. The van der Waals surface area contributed by atoms with Gasteiger partial charge in [0.2, 0.25) is 11.7 Å². The van der Waals surface area contributed by atoms with Crippen molar-refractivity contribution < 1.29 is 28.9 Å². The number of ether oxygens (including phenoxy) is 3. The van der Waals surface area contributed by atoms with E-state index in [4.69, 9.17) is 19.3 Å². The van der Waals surface area contributed by atoms with Gasteiger partial charge in [-0.05, 0) is 36.6 Å². The summed E-state index contributed by atoms with van der Waals surface area (Å²) < 4.78 is 15.7. The quantitative estimate of drug-likeness (QED) is 0.501. The van der Waals surface area contributed by atoms with Crippen molar-refractivity contribution in [2.75, 3.05) is 27.9 Å². The first kappa shape index (κ1) is 19.3. The molecule has 0 unspecified atom stereocenters. The first-order valence-electron chi connectivity index (χ1n) is 7.49. The van der Waals surface area contributed by atoms with Crippen molar-refractivity contribution in [3.8, 4) is 17.2 Å². The number of amides is 1. The van der Waals surface area contributed by atoms with Crippen LogP contribution in [0, 0.1) is 0 Å². The van der Waals surface area contributed by atoms with E-state index < -0.39 is 5.97 Å². The van der Waals surface area contributed by atoms with Crippen LogP contribution in [-0.4, -0.2) is 44.9 Å². The van der Waals surface area contributed by atoms with Gasteiger partial charge in [0.05, 0.1) is 21.3 Å². The largest absolute Gasteiger partial charge is 0.493 e. The van der Waals surface area contributed by atoms with Gasteiger partial charge < -0.3 is 24.6 Å². The topological polar surface area (TPSA) is 94.1 Å². The molecular formula is C17H23NO6. The Hall–Kier alpha value is -2.70. The van der Waals surface area contributed by atoms with E-state index in [0.29, 0.717) is 36.6 Å². The second-order valence-electron chi connectivity index (χ2n) is 4.93. The van der Waals surface area contributed by atoms with Gasteiger partial charge in [-0.15, -0.1) is 0 Å². The summed E-state index contributed by atoms with van der Waals surface area (Å²) in [7, 11) is 4.57. The summed E-state index contributed by atoms with van der Waals surface area (Å²) in [6.45, 7) is 0.436. The molecule has 1 aromatic carbocycles. The monoisotopic (exact) mass is 337 g/mol. The SMILES string of the molecule is COc1cc(/C=C/C(=O)NCCCCC(=O)O)cc(OC)c1OC. The van der Waals surface area contributed by atoms with Crippen LogP contribution in [0.3, 0.4) is 0 Å². The first-order chi connectivity index (χ1) is 11.5. The van der Waals surface area contributed by atoms with Crippen LogP contribution in [0.4, 0.5) is 0 Å². The molecule has 0 radical (unpaired) electrons. The third-order valence-corrected chi connectivity index (χ3v) is 3.23. The van der Waals surface area contributed by atoms with Crippen LogP contribution in [0.5, 0.6) is 17.2 Å². The van der Waals surface area contributed by atoms with Crippen molar-refractivity contribution in [3.63, 3.8) is 0 Å². The van der Waals surface area contributed by atoms with Gasteiger partial charge in [-0.1, -0.05) is 0 Å². The lowest BCUT2D eigenvalue weighted by Gasteiger charge is -2.12. The summed E-state index contributed by atoms with van der Waals surface area (Å²) in [6.07, 6.45) is 4.30. The Morgan fingerprint density at radius 2 is 1.71 bits per heavy atom. The van der Waals surface area contributed by atoms with Crippen molar-refractivity contribution in [1.29, 1.82) is 0 Å². The standard InChI is InChI=1S/C17H23NO6/c1-22-13-10-12(11-14(23-2)17(13)24-3)7-8-15(19)18-9-5-4-6-16(20)21/h7-8,10-11H,4-6,9H2,1-3H3,(H,18,19)(H,20,21)/b8-7+. The van der Waals surface area contributed by atoms with E-state index in [0.717, 1.165) is 5.56 Å². The molecule has 1 amide bonds. The summed E-state index contributed by atoms with van der Waals surface area (Å²) in [4.78, 5) is 22.1. The average molecular weight is 337 g/mol. The van der Waals surface area contributed by atoms with E-state index in [1.807, 2.05) is 0 Å². The van der Waals surface area contributed by atoms with Crippen molar-refractivity contribution in [3.05, 3.63) is 23.8 Å². The lowest BCUT2D eigenvalue weighted by Crippen LogP contribution is -2.22. The number of carboxylic acid groups (broad SMARTS) is 1. The maximum atomic E-state index is 11.7. The molecule has 0 saturated carbocycles. The fourth-order valence-corrected chi connectivity index (χ4v) is 2.04. The van der Waals surface area contributed by atoms with Gasteiger partial charge >= 0.3 is 5.97 Å². The van der Waals surface area contributed by atoms with Gasteiger partial charge in [-0.25, -0.2) is 0 Å². The number of unbranched alkanes of at least 4 members (excludes halogenated alkanes) is 1. The Balaban J connectivity index is 2.63. The predicted octanol–water partition coefficient (Wildman–Crippen LogP) is 2.10. The minimum Gasteiger partial charge on any atom is -0.493 e. The molecule has 0 aliphatic carbocycles. The normalized spacial score (nSPS) is 10.5. The molecule has 0 fully saturated rings. The fraction of sp³-hybridized carbons (Fsp3) is 0.412. The molecule has 24 heavy (non-hydrogen) atoms. The van der Waals surface area contributed by atoms with Gasteiger partial charge in [0.1, 0.15) is 0 Å². The molecule has 0 aliphatic rings. The van der Waals surface area contributed by atoms with Crippen LogP contribution < -0.4 is 19.5 Å². The summed E-state index contributed by atoms with van der Waals surface area (Å²) in [5.41, 5.74) is 0.727. The van der Waals surface area contributed by atoms with Gasteiger partial charge in [-0.3, -0.25) is 9.59 Å². The lowest BCUT2D eigenvalue weighted by molar-refractivity contribution is -0.137. The summed E-state index contributed by atoms with van der Waals surface area (Å²) in [5.74, 6) is 0.416. The highest BCUT2D eigenvalue weighted by Crippen LogP contribution is 2.38. The number of carboxylic acids is 1. The molecule has 0 saturated heterocycles. The van der Waals surface area contributed by atoms with Gasteiger partial charge in [0.15, 0.2) is 11.5 Å². The third kappa shape index (κ3) is 6.20. The molecule has 0 bridgehead atoms. The number of hydrogen-bond acceptors (Lipinski definition) is 5. The van der Waals surface area contributed by atoms with Crippen LogP contribution in [-0.2, 0) is 9.59 Å². The molecule has 0 aliphatic heterocycles. The zero-order valence-corrected chi connectivity index (χ0v) is 14.1. The summed E-state index contributed by atoms with van der Waals surface area (Å²) >= 11 is 0. The molecule has 1 rings (SSSR count). The highest BCUT2D eigenvalue weighted by Gasteiger charge is 2.12. The van der Waals surface area contributed by atoms with Crippen LogP contribution in [0.1, 0.15) is 24.8 Å². The van der Waals surface area contributed by atoms with Crippen LogP contribution in [0.25, 0.3) is 6.08 Å². The van der Waals surface area contributed by atoms with E-state index in [1.54, 1.807) is 18.2 Å². The molecule has 0 heterocycles. The molecule has 1 aromatic rings. The van der Waals surface area contributed by atoms with Gasteiger partial charge in [0, 0.05) is 19.0 Å². The molecule has 7 heteroatoms. The summed E-state index contributed by atoms with van der Waals surface area (Å²) in [6, 6.07) is 3.47. The van der Waals surface area contributed by atoms with Crippen molar-refractivity contribution in [1.82, 2.24) is 5.32 Å². The minimum atomic E-state index is -0.830. The third-order valence-electron chi connectivity index (χ3n) is 3.23. The Labute approximate surface area is 141 Å². The van der Waals surface area contributed by atoms with E-state index in [9.17, 15) is 9.59 Å². The smallest absolute Gasteiger partial charge is 0.303 e. The van der Waals surface area contributed by atoms with Crippen molar-refractivity contribution in [2.24, 2.45) is 0 Å². The Morgan fingerprint density at radius 3 is 2.21 bits per heavy atom. The number of carbonyl (C=O) groups is 2. The number of rotatable bonds is 10. The number of carbonyl (C=O) groups excluding carboxylic acids is 1. The fourth-order valence-electron chi connectivity index (χ4n) is 2.04. The summed E-state index contributed by atoms with van der Waals surface area (Å²) in [5, 5.41) is 11.2. The molecule has 0 atom stereocenters. The van der Waals surface area contributed by atoms with Crippen LogP contribution in [0.2, 0.25) is 0 Å². The predicted molar refractivity (Wildman–Crippen MR) is 89.6 cm³/mol. The lowest BCUT2D eigenvalue weighted by atomic mass is 10.1. The van der Waals surface area contributed by atoms with E-state index in [1.165, 1.54) is 27.4 Å². The molecule has 0 spiro atoms. The molecule has 7 nitrogen and oxygen atoms in total. The zero-order valence-electron chi connectivity index (χ0n) is 14.1. The minimum absolute atomic E-state index is 0.108. The molecular weight excluding hydrogens is 314 g/mol. The second-order valence-corrected chi connectivity index (χ2v) is 4.93. The maximum Gasteiger partial charge on any atom is 0.303 e. The van der Waals surface area contributed by atoms with Gasteiger partial charge in [0.25, 0.3) is 0 Å². The van der Waals surface area contributed by atoms with Crippen molar-refractivity contribution >= 4 is 18.0 Å². The number of benzene rings is 1. The van der Waals surface area contributed by atoms with E-state index in [2.05, 4.69) is 5.32 Å². The number of aliphatic carboxylic acids is 1. The second kappa shape index (κ2) is 10.1. The molecule has 132 valence electrons. The maximum absolute atomic E-state index is 11.7. The van der Waals surface area contributed by atoms with Crippen LogP contribution in [0.15, 0.2) is 18.2 Å². The number of methoxy groups -OCH3 is 3. The Morgan fingerprint density at radius 1 is 1.08 bits per heavy atom. The highest BCUT2D eigenvalue weighted by molar-refractivity contribution is 5.91. The van der Waals surface area contributed by atoms with Crippen LogP contribution >= 0.6 is 0 Å². The Bertz CT molecular complexity index is 572. The first-order valence-corrected chi connectivity index (χ1v) is 7.49. The Kier molecular flexibility index (Phi) is 8.18. The van der Waals surface area contributed by atoms with Gasteiger partial charge in [-0.2, -0.15) is 0 Å². The highest BCUT2D eigenvalue weighted by atomic mass is 16.5. The number of hydrogen-bond donors (Lipinski definition) is 2. The van der Waals surface area contributed by atoms with Crippen molar-refractivity contribution in [2.45, 2.75) is 19.3 Å². The van der Waals surface area contributed by atoms with E-state index in [-0.39, 0.29) is 12.3 Å².